The molecule has 0 saturated carbocycles. The predicted molar refractivity (Wildman–Crippen MR) is 68.9 cm³/mol. The lowest BCUT2D eigenvalue weighted by Crippen LogP contribution is -1.99. The van der Waals surface area contributed by atoms with Crippen LogP contribution in [-0.4, -0.2) is 9.78 Å². The van der Waals surface area contributed by atoms with Gasteiger partial charge in [0, 0.05) is 17.6 Å². The van der Waals surface area contributed by atoms with Gasteiger partial charge in [-0.3, -0.25) is 4.68 Å². The lowest BCUT2D eigenvalue weighted by molar-refractivity contribution is 0.537. The fourth-order valence-electron chi connectivity index (χ4n) is 2.10. The minimum atomic E-state index is 0.426. The van der Waals surface area contributed by atoms with Crippen LogP contribution in [0.5, 0.6) is 0 Å². The lowest BCUT2D eigenvalue weighted by atomic mass is 9.97. The van der Waals surface area contributed by atoms with Gasteiger partial charge in [-0.15, -0.1) is 0 Å². The molecule has 0 amide bonds. The molecule has 0 bridgehead atoms. The highest BCUT2D eigenvalue weighted by Gasteiger charge is 2.09. The second kappa shape index (κ2) is 3.93. The summed E-state index contributed by atoms with van der Waals surface area (Å²) in [5.41, 5.74) is 3.88. The van der Waals surface area contributed by atoms with Gasteiger partial charge in [-0.1, -0.05) is 13.8 Å². The van der Waals surface area contributed by atoms with Crippen molar-refractivity contribution < 1.29 is 0 Å². The summed E-state index contributed by atoms with van der Waals surface area (Å²) < 4.78 is 2.04. The number of benzene rings is 1. The molecule has 1 heterocycles. The number of hydrogen-bond donors (Lipinski definition) is 0. The summed E-state index contributed by atoms with van der Waals surface area (Å²) in [6.07, 6.45) is 2.14. The van der Waals surface area contributed by atoms with Crippen LogP contribution in [0, 0.1) is 6.92 Å². The summed E-state index contributed by atoms with van der Waals surface area (Å²) in [7, 11) is 0. The summed E-state index contributed by atoms with van der Waals surface area (Å²) in [6, 6.07) is 4.90. The highest BCUT2D eigenvalue weighted by molar-refractivity contribution is 5.80. The van der Waals surface area contributed by atoms with Crippen LogP contribution in [0.15, 0.2) is 18.3 Å². The number of aromatic nitrogens is 2. The SMILES string of the molecule is Cc1cc2nn(C(C)C)cc2cc1C(C)C. The van der Waals surface area contributed by atoms with Crippen molar-refractivity contribution in [1.29, 1.82) is 0 Å². The summed E-state index contributed by atoms with van der Waals surface area (Å²) in [4.78, 5) is 0. The Bertz CT molecular complexity index is 507. The third kappa shape index (κ3) is 1.84. The first kappa shape index (κ1) is 11.2. The average molecular weight is 216 g/mol. The van der Waals surface area contributed by atoms with Gasteiger partial charge >= 0.3 is 0 Å². The largest absolute Gasteiger partial charge is 0.269 e. The Morgan fingerprint density at radius 1 is 1.12 bits per heavy atom. The molecule has 0 fully saturated rings. The molecule has 2 rings (SSSR count). The van der Waals surface area contributed by atoms with Crippen molar-refractivity contribution in [2.24, 2.45) is 0 Å². The molecule has 0 aliphatic heterocycles. The van der Waals surface area contributed by atoms with E-state index in [0.29, 0.717) is 12.0 Å². The van der Waals surface area contributed by atoms with Crippen LogP contribution in [0.1, 0.15) is 50.8 Å². The van der Waals surface area contributed by atoms with Crippen molar-refractivity contribution in [3.8, 4) is 0 Å². The molecule has 0 N–H and O–H groups in total. The van der Waals surface area contributed by atoms with Crippen LogP contribution in [0.2, 0.25) is 0 Å². The van der Waals surface area contributed by atoms with Crippen LogP contribution in [0.4, 0.5) is 0 Å². The second-order valence-corrected chi connectivity index (χ2v) is 5.13. The summed E-state index contributed by atoms with van der Waals surface area (Å²) in [5, 5.41) is 5.84. The average Bonchev–Trinajstić information content (AvgIpc) is 2.58. The van der Waals surface area contributed by atoms with Gasteiger partial charge in [0.1, 0.15) is 0 Å². The predicted octanol–water partition coefficient (Wildman–Crippen LogP) is 4.05. The maximum Gasteiger partial charge on any atom is 0.0926 e. The van der Waals surface area contributed by atoms with Crippen molar-refractivity contribution in [3.05, 3.63) is 29.5 Å². The molecule has 0 aliphatic rings. The third-order valence-electron chi connectivity index (χ3n) is 3.06. The Balaban J connectivity index is 2.61. The molecule has 86 valence electrons. The van der Waals surface area contributed by atoms with Crippen molar-refractivity contribution in [2.75, 3.05) is 0 Å². The maximum absolute atomic E-state index is 4.59. The van der Waals surface area contributed by atoms with Crippen LogP contribution in [0.3, 0.4) is 0 Å². The lowest BCUT2D eigenvalue weighted by Gasteiger charge is -2.08. The van der Waals surface area contributed by atoms with E-state index in [-0.39, 0.29) is 0 Å². The highest BCUT2D eigenvalue weighted by Crippen LogP contribution is 2.25. The van der Waals surface area contributed by atoms with Crippen molar-refractivity contribution in [2.45, 2.75) is 46.6 Å². The zero-order chi connectivity index (χ0) is 11.9. The van der Waals surface area contributed by atoms with Crippen LogP contribution in [0.25, 0.3) is 10.9 Å². The molecular weight excluding hydrogens is 196 g/mol. The molecular formula is C14H20N2. The Kier molecular flexibility index (Phi) is 2.75. The van der Waals surface area contributed by atoms with Gasteiger partial charge in [0.15, 0.2) is 0 Å². The molecule has 0 atom stereocenters. The number of nitrogens with zero attached hydrogens (tertiary/aromatic N) is 2. The summed E-state index contributed by atoms with van der Waals surface area (Å²) in [5.74, 6) is 0.576. The number of fused-ring (bicyclic) bond motifs is 1. The maximum atomic E-state index is 4.59. The molecule has 16 heavy (non-hydrogen) atoms. The zero-order valence-electron chi connectivity index (χ0n) is 10.8. The van der Waals surface area contributed by atoms with Crippen molar-refractivity contribution in [1.82, 2.24) is 9.78 Å². The molecule has 0 saturated heterocycles. The van der Waals surface area contributed by atoms with Gasteiger partial charge in [0.25, 0.3) is 0 Å². The van der Waals surface area contributed by atoms with Gasteiger partial charge in [0.2, 0.25) is 0 Å². The van der Waals surface area contributed by atoms with E-state index in [2.05, 4.69) is 58.0 Å². The third-order valence-corrected chi connectivity index (χ3v) is 3.06. The van der Waals surface area contributed by atoms with Crippen LogP contribution >= 0.6 is 0 Å². The standard InChI is InChI=1S/C14H20N2/c1-9(2)13-7-12-8-16(10(3)4)15-14(12)6-11(13)5/h6-10H,1-5H3. The summed E-state index contributed by atoms with van der Waals surface area (Å²) >= 11 is 0. The minimum Gasteiger partial charge on any atom is -0.269 e. The number of aryl methyl sites for hydroxylation is 1. The van der Waals surface area contributed by atoms with Crippen molar-refractivity contribution in [3.63, 3.8) is 0 Å². The smallest absolute Gasteiger partial charge is 0.0926 e. The summed E-state index contributed by atoms with van der Waals surface area (Å²) in [6.45, 7) is 11.0. The minimum absolute atomic E-state index is 0.426. The zero-order valence-corrected chi connectivity index (χ0v) is 10.8. The molecule has 1 aromatic heterocycles. The first-order valence-corrected chi connectivity index (χ1v) is 5.98. The highest BCUT2D eigenvalue weighted by atomic mass is 15.3. The van der Waals surface area contributed by atoms with Gasteiger partial charge in [-0.25, -0.2) is 0 Å². The Morgan fingerprint density at radius 3 is 2.38 bits per heavy atom. The molecule has 2 aromatic rings. The van der Waals surface area contributed by atoms with Crippen LogP contribution in [-0.2, 0) is 0 Å². The van der Waals surface area contributed by atoms with Gasteiger partial charge < -0.3 is 0 Å². The Hall–Kier alpha value is -1.31. The fraction of sp³-hybridized carbons (Fsp3) is 0.500. The van der Waals surface area contributed by atoms with Gasteiger partial charge in [0.05, 0.1) is 5.52 Å². The molecule has 2 nitrogen and oxygen atoms in total. The molecule has 0 aliphatic carbocycles. The molecule has 0 unspecified atom stereocenters. The molecule has 2 heteroatoms. The Morgan fingerprint density at radius 2 is 1.81 bits per heavy atom. The second-order valence-electron chi connectivity index (χ2n) is 5.13. The monoisotopic (exact) mass is 216 g/mol. The van der Waals surface area contributed by atoms with E-state index in [4.69, 9.17) is 0 Å². The van der Waals surface area contributed by atoms with E-state index < -0.39 is 0 Å². The molecule has 0 radical (unpaired) electrons. The van der Waals surface area contributed by atoms with Crippen LogP contribution < -0.4 is 0 Å². The van der Waals surface area contributed by atoms with Gasteiger partial charge in [-0.05, 0) is 49.9 Å². The first-order valence-electron chi connectivity index (χ1n) is 5.98. The normalized spacial score (nSPS) is 11.9. The number of hydrogen-bond acceptors (Lipinski definition) is 1. The first-order chi connectivity index (χ1) is 7.49. The van der Waals surface area contributed by atoms with E-state index in [0.717, 1.165) is 5.52 Å². The fourth-order valence-corrected chi connectivity index (χ4v) is 2.10. The van der Waals surface area contributed by atoms with E-state index in [1.165, 1.54) is 16.5 Å². The van der Waals surface area contributed by atoms with E-state index in [1.807, 2.05) is 4.68 Å². The topological polar surface area (TPSA) is 17.8 Å². The van der Waals surface area contributed by atoms with Crippen molar-refractivity contribution >= 4 is 10.9 Å². The van der Waals surface area contributed by atoms with E-state index in [9.17, 15) is 0 Å². The van der Waals surface area contributed by atoms with E-state index >= 15 is 0 Å². The number of rotatable bonds is 2. The quantitative estimate of drug-likeness (QED) is 0.740. The molecule has 1 aromatic carbocycles. The van der Waals surface area contributed by atoms with Gasteiger partial charge in [-0.2, -0.15) is 5.10 Å². The Labute approximate surface area is 97.3 Å². The van der Waals surface area contributed by atoms with E-state index in [1.54, 1.807) is 0 Å². The molecule has 0 spiro atoms.